The van der Waals surface area contributed by atoms with Crippen molar-refractivity contribution in [3.8, 4) is 11.5 Å². The summed E-state index contributed by atoms with van der Waals surface area (Å²) in [7, 11) is 3.75. The monoisotopic (exact) mass is 313 g/mol. The highest BCUT2D eigenvalue weighted by Crippen LogP contribution is 2.62. The number of hydrogen-bond donors (Lipinski definition) is 1. The molecule has 1 fully saturated rings. The van der Waals surface area contributed by atoms with Crippen molar-refractivity contribution < 1.29 is 19.4 Å². The largest absolute Gasteiger partial charge is 0.504 e. The average molecular weight is 313 g/mol. The Labute approximate surface area is 134 Å². The van der Waals surface area contributed by atoms with Crippen molar-refractivity contribution in [1.29, 1.82) is 0 Å². The maximum atomic E-state index is 12.6. The normalized spacial score (nSPS) is 37.0. The zero-order valence-electron chi connectivity index (χ0n) is 13.2. The zero-order chi connectivity index (χ0) is 15.9. The number of likely N-dealkylation sites (N-methyl/N-ethyl adjacent to an activating group) is 1. The number of nitrogens with zero attached hydrogens (tertiary/aromatic N) is 1. The SMILES string of the molecule is COc1ccc2c3c1O[C@@H]1C(=O)C(O)=CC4[C@H](C2)N(C)CC[C@]341. The molecule has 4 aliphatic rings. The molecule has 4 atom stereocenters. The Morgan fingerprint density at radius 3 is 3.04 bits per heavy atom. The molecule has 23 heavy (non-hydrogen) atoms. The average Bonchev–Trinajstić information content (AvgIpc) is 2.89. The molecule has 2 aliphatic heterocycles. The van der Waals surface area contributed by atoms with E-state index in [0.717, 1.165) is 24.9 Å². The number of rotatable bonds is 1. The quantitative estimate of drug-likeness (QED) is 0.853. The van der Waals surface area contributed by atoms with Crippen molar-refractivity contribution >= 4 is 5.78 Å². The van der Waals surface area contributed by atoms with Crippen LogP contribution < -0.4 is 9.47 Å². The van der Waals surface area contributed by atoms with Gasteiger partial charge in [0.15, 0.2) is 23.4 Å². The van der Waals surface area contributed by atoms with Crippen LogP contribution in [-0.4, -0.2) is 48.6 Å². The summed E-state index contributed by atoms with van der Waals surface area (Å²) in [6, 6.07) is 4.32. The van der Waals surface area contributed by atoms with Crippen LogP contribution in [0.4, 0.5) is 0 Å². The van der Waals surface area contributed by atoms with Gasteiger partial charge in [0, 0.05) is 17.5 Å². The fourth-order valence-corrected chi connectivity index (χ4v) is 5.27. The number of benzene rings is 1. The van der Waals surface area contributed by atoms with Gasteiger partial charge in [0.1, 0.15) is 0 Å². The number of hydrogen-bond acceptors (Lipinski definition) is 5. The molecular formula is C18H19NO4. The van der Waals surface area contributed by atoms with Crippen LogP contribution in [-0.2, 0) is 16.6 Å². The van der Waals surface area contributed by atoms with Crippen LogP contribution in [0.15, 0.2) is 24.0 Å². The summed E-state index contributed by atoms with van der Waals surface area (Å²) in [6.07, 6.45) is 2.92. The highest BCUT2D eigenvalue weighted by Gasteiger charge is 2.65. The van der Waals surface area contributed by atoms with Crippen LogP contribution >= 0.6 is 0 Å². The van der Waals surface area contributed by atoms with Crippen molar-refractivity contribution in [2.45, 2.75) is 30.4 Å². The van der Waals surface area contributed by atoms with Gasteiger partial charge in [0.05, 0.1) is 12.5 Å². The second kappa shape index (κ2) is 4.09. The van der Waals surface area contributed by atoms with Gasteiger partial charge in [-0.2, -0.15) is 0 Å². The Morgan fingerprint density at radius 2 is 2.26 bits per heavy atom. The first kappa shape index (κ1) is 13.4. The van der Waals surface area contributed by atoms with E-state index in [4.69, 9.17) is 9.47 Å². The molecule has 1 N–H and O–H groups in total. The lowest BCUT2D eigenvalue weighted by Crippen LogP contribution is -2.64. The summed E-state index contributed by atoms with van der Waals surface area (Å²) in [4.78, 5) is 15.0. The molecule has 1 unspecified atom stereocenters. The van der Waals surface area contributed by atoms with E-state index in [9.17, 15) is 9.90 Å². The Morgan fingerprint density at radius 1 is 1.43 bits per heavy atom. The van der Waals surface area contributed by atoms with E-state index in [2.05, 4.69) is 18.0 Å². The molecule has 5 heteroatoms. The Bertz CT molecular complexity index is 771. The van der Waals surface area contributed by atoms with Gasteiger partial charge >= 0.3 is 0 Å². The van der Waals surface area contributed by atoms with Crippen molar-refractivity contribution in [3.05, 3.63) is 35.1 Å². The molecule has 1 aromatic carbocycles. The van der Waals surface area contributed by atoms with E-state index in [1.807, 2.05) is 6.07 Å². The molecule has 2 aliphatic carbocycles. The summed E-state index contributed by atoms with van der Waals surface area (Å²) < 4.78 is 11.6. The van der Waals surface area contributed by atoms with E-state index in [1.165, 1.54) is 5.56 Å². The van der Waals surface area contributed by atoms with E-state index in [1.54, 1.807) is 13.2 Å². The first-order valence-electron chi connectivity index (χ1n) is 8.10. The standard InChI is InChI=1S/C18H19NO4/c1-19-6-5-18-10-8-12(20)15(21)17(18)23-16-13(22-2)4-3-9(14(16)18)7-11(10)19/h3-4,8,10-11,17,20H,5-7H2,1-2H3/t10?,11-,17+,18+/m0/s1. The summed E-state index contributed by atoms with van der Waals surface area (Å²) in [5.41, 5.74) is 2.05. The molecule has 1 spiro atoms. The molecular weight excluding hydrogens is 294 g/mol. The number of piperidine rings is 1. The fourth-order valence-electron chi connectivity index (χ4n) is 5.27. The number of aliphatic hydroxyl groups excluding tert-OH is 1. The van der Waals surface area contributed by atoms with Crippen LogP contribution in [0.1, 0.15) is 17.5 Å². The molecule has 0 radical (unpaired) electrons. The van der Waals surface area contributed by atoms with Crippen molar-refractivity contribution in [2.75, 3.05) is 20.7 Å². The summed E-state index contributed by atoms with van der Waals surface area (Å²) in [5.74, 6) is 1.04. The van der Waals surface area contributed by atoms with E-state index in [-0.39, 0.29) is 28.9 Å². The minimum absolute atomic E-state index is 0.102. The minimum atomic E-state index is -0.626. The van der Waals surface area contributed by atoms with Gasteiger partial charge in [-0.05, 0) is 44.1 Å². The van der Waals surface area contributed by atoms with Gasteiger partial charge in [-0.25, -0.2) is 0 Å². The van der Waals surface area contributed by atoms with Crippen molar-refractivity contribution in [1.82, 2.24) is 4.90 Å². The number of ketones is 1. The first-order valence-corrected chi connectivity index (χ1v) is 8.10. The van der Waals surface area contributed by atoms with Gasteiger partial charge in [-0.3, -0.25) is 4.79 Å². The van der Waals surface area contributed by atoms with Crippen LogP contribution in [0.2, 0.25) is 0 Å². The third kappa shape index (κ3) is 1.36. The number of carbonyl (C=O) groups is 1. The maximum absolute atomic E-state index is 12.6. The van der Waals surface area contributed by atoms with Crippen LogP contribution in [0.3, 0.4) is 0 Å². The third-order valence-electron chi connectivity index (χ3n) is 6.31. The van der Waals surface area contributed by atoms with Gasteiger partial charge in [0.25, 0.3) is 0 Å². The van der Waals surface area contributed by atoms with E-state index < -0.39 is 6.10 Å². The number of carbonyl (C=O) groups excluding carboxylic acids is 1. The topological polar surface area (TPSA) is 59.0 Å². The molecule has 1 aromatic rings. The molecule has 0 amide bonds. The lowest BCUT2D eigenvalue weighted by Gasteiger charge is -2.55. The Balaban J connectivity index is 1.84. The number of likely N-dealkylation sites (tertiary alicyclic amines) is 1. The molecule has 1 saturated heterocycles. The highest BCUT2D eigenvalue weighted by atomic mass is 16.5. The van der Waals surface area contributed by atoms with Crippen LogP contribution in [0, 0.1) is 5.92 Å². The fraction of sp³-hybridized carbons (Fsp3) is 0.500. The molecule has 5 rings (SSSR count). The second-order valence-corrected chi connectivity index (χ2v) is 7.11. The summed E-state index contributed by atoms with van der Waals surface area (Å²) >= 11 is 0. The second-order valence-electron chi connectivity index (χ2n) is 7.11. The highest BCUT2D eigenvalue weighted by molar-refractivity contribution is 6.00. The Hall–Kier alpha value is -2.01. The molecule has 2 bridgehead atoms. The lowest BCUT2D eigenvalue weighted by atomic mass is 9.53. The van der Waals surface area contributed by atoms with Gasteiger partial charge in [-0.1, -0.05) is 6.07 Å². The molecule has 0 saturated carbocycles. The lowest BCUT2D eigenvalue weighted by molar-refractivity contribution is -0.131. The number of ether oxygens (including phenoxy) is 2. The first-order chi connectivity index (χ1) is 11.1. The zero-order valence-corrected chi connectivity index (χ0v) is 13.2. The molecule has 2 heterocycles. The molecule has 0 aromatic heterocycles. The number of methoxy groups -OCH3 is 1. The van der Waals surface area contributed by atoms with Crippen molar-refractivity contribution in [2.24, 2.45) is 5.92 Å². The molecule has 120 valence electrons. The van der Waals surface area contributed by atoms with Crippen molar-refractivity contribution in [3.63, 3.8) is 0 Å². The third-order valence-corrected chi connectivity index (χ3v) is 6.31. The van der Waals surface area contributed by atoms with Gasteiger partial charge < -0.3 is 19.5 Å². The number of aliphatic hydroxyl groups is 1. The van der Waals surface area contributed by atoms with Gasteiger partial charge in [-0.15, -0.1) is 0 Å². The molecule has 5 nitrogen and oxygen atoms in total. The maximum Gasteiger partial charge on any atom is 0.238 e. The summed E-state index contributed by atoms with van der Waals surface area (Å²) in [5, 5.41) is 10.2. The van der Waals surface area contributed by atoms with Crippen LogP contribution in [0.25, 0.3) is 0 Å². The smallest absolute Gasteiger partial charge is 0.238 e. The summed E-state index contributed by atoms with van der Waals surface area (Å²) in [6.45, 7) is 0.930. The predicted octanol–water partition coefficient (Wildman–Crippen LogP) is 1.59. The minimum Gasteiger partial charge on any atom is -0.504 e. The van der Waals surface area contributed by atoms with Crippen LogP contribution in [0.5, 0.6) is 11.5 Å². The Kier molecular flexibility index (Phi) is 2.39. The van der Waals surface area contributed by atoms with E-state index >= 15 is 0 Å². The van der Waals surface area contributed by atoms with Gasteiger partial charge in [0.2, 0.25) is 5.78 Å². The predicted molar refractivity (Wildman–Crippen MR) is 83.0 cm³/mol. The van der Waals surface area contributed by atoms with E-state index in [0.29, 0.717) is 11.5 Å². The number of Topliss-reactive ketones (excluding diaryl/α,β-unsaturated/α-hetero) is 1.